The third-order valence-electron chi connectivity index (χ3n) is 18.0. The molecule has 10 heterocycles. The molecule has 10 aliphatic rings. The van der Waals surface area contributed by atoms with Gasteiger partial charge in [0.05, 0.1) is 0 Å². The third-order valence-corrected chi connectivity index (χ3v) is 68.5. The van der Waals surface area contributed by atoms with Crippen molar-refractivity contribution in [2.24, 2.45) is 0 Å². The van der Waals surface area contributed by atoms with Crippen molar-refractivity contribution in [3.8, 4) is 0 Å². The van der Waals surface area contributed by atoms with E-state index >= 15 is 0 Å². The first-order valence-electron chi connectivity index (χ1n) is 10.7. The van der Waals surface area contributed by atoms with Gasteiger partial charge in [-0.3, -0.25) is 0 Å². The molecule has 132 valence electrons. The number of fused-ring (bicyclic) bond motifs is 10. The van der Waals surface area contributed by atoms with E-state index in [0.717, 1.165) is 8.37 Å². The predicted octanol–water partition coefficient (Wildman–Crippen LogP) is 6.20. The van der Waals surface area contributed by atoms with Gasteiger partial charge < -0.3 is 0 Å². The van der Waals surface area contributed by atoms with Crippen molar-refractivity contribution < 1.29 is 6.51 Å². The van der Waals surface area contributed by atoms with Crippen molar-refractivity contribution in [1.29, 1.82) is 0 Å². The van der Waals surface area contributed by atoms with Crippen LogP contribution < -0.4 is 10.6 Å². The van der Waals surface area contributed by atoms with E-state index in [0.29, 0.717) is 0 Å². The Morgan fingerprint density at radius 3 is 1.58 bits per heavy atom. The predicted molar refractivity (Wildman–Crippen MR) is 105 cm³/mol. The van der Waals surface area contributed by atoms with Gasteiger partial charge in [-0.1, -0.05) is 0 Å². The van der Waals surface area contributed by atoms with E-state index in [1.165, 1.54) is 38.5 Å². The first kappa shape index (κ1) is 11.4. The Balaban J connectivity index is 1.32. The maximum atomic E-state index is 2.65. The average Bonchev–Trinajstić information content (AvgIpc) is 3.64. The molecule has 0 aromatic heterocycles. The molecular weight excluding hydrogens is 375 g/mol. The molecule has 4 unspecified atom stereocenters. The van der Waals surface area contributed by atoms with E-state index in [9.17, 15) is 0 Å². The zero-order valence-electron chi connectivity index (χ0n) is 14.9. The zero-order valence-corrected chi connectivity index (χ0v) is 16.9. The van der Waals surface area contributed by atoms with E-state index in [1.54, 1.807) is 17.0 Å². The molecule has 12 rings (SSSR count). The molecule has 0 radical (unpaired) electrons. The summed E-state index contributed by atoms with van der Waals surface area (Å²) in [5.41, 5.74) is 0. The molecular formula is C24H23FeP. The monoisotopic (exact) mass is 398 g/mol. The van der Waals surface area contributed by atoms with Crippen molar-refractivity contribution in [3.63, 3.8) is 0 Å². The molecule has 0 amide bonds. The van der Waals surface area contributed by atoms with Gasteiger partial charge in [-0.2, -0.15) is 0 Å². The molecule has 0 nitrogen and oxygen atoms in total. The van der Waals surface area contributed by atoms with Crippen LogP contribution in [0.3, 0.4) is 0 Å². The fraction of sp³-hybridized carbons (Fsp3) is 0.500. The normalized spacial score (nSPS) is 84.8. The molecule has 0 aliphatic carbocycles. The van der Waals surface area contributed by atoms with E-state index in [-0.39, 0.29) is 7.92 Å². The Hall–Kier alpha value is -0.611. The quantitative estimate of drug-likeness (QED) is 0.425. The molecule has 10 aliphatic heterocycles. The summed E-state index contributed by atoms with van der Waals surface area (Å²) in [6.07, 6.45) is 1.59. The van der Waals surface area contributed by atoms with Gasteiger partial charge in [-0.25, -0.2) is 0 Å². The summed E-state index contributed by atoms with van der Waals surface area (Å²) in [5, 5.41) is 3.49. The summed E-state index contributed by atoms with van der Waals surface area (Å²) in [7, 11) is -0.123. The van der Waals surface area contributed by atoms with Gasteiger partial charge in [0.2, 0.25) is 0 Å². The Bertz CT molecular complexity index is 1450. The summed E-state index contributed by atoms with van der Waals surface area (Å²) >= 11 is 0. The van der Waals surface area contributed by atoms with Gasteiger partial charge in [0, 0.05) is 0 Å². The summed E-state index contributed by atoms with van der Waals surface area (Å²) in [4.78, 5) is 11.2. The second kappa shape index (κ2) is 1.32. The summed E-state index contributed by atoms with van der Waals surface area (Å²) in [6.45, 7) is -0.623. The van der Waals surface area contributed by atoms with Gasteiger partial charge in [0.15, 0.2) is 0 Å². The topological polar surface area (TPSA) is 0 Å². The van der Waals surface area contributed by atoms with Gasteiger partial charge in [-0.05, 0) is 0 Å². The Morgan fingerprint density at radius 1 is 0.731 bits per heavy atom. The van der Waals surface area contributed by atoms with Crippen LogP contribution in [-0.2, 0) is 6.51 Å². The van der Waals surface area contributed by atoms with Gasteiger partial charge in [0.1, 0.15) is 0 Å². The van der Waals surface area contributed by atoms with Crippen LogP contribution >= 0.6 is 7.92 Å². The van der Waals surface area contributed by atoms with Crippen LogP contribution in [0, 0.1) is 0 Å². The molecule has 0 N–H and O–H groups in total. The van der Waals surface area contributed by atoms with E-state index in [4.69, 9.17) is 0 Å². The molecule has 0 saturated carbocycles. The number of hydrogen-bond donors (Lipinski definition) is 0. The summed E-state index contributed by atoms with van der Waals surface area (Å²) < 4.78 is 1.92. The van der Waals surface area contributed by atoms with Crippen LogP contribution in [0.1, 0.15) is 13.3 Å². The standard InChI is InChI=1S/C19H18P.C5H5.Fe/c1-2-16-10-9-15-19(16)20(17-11-5-3-6-12-17)18-13-7-4-8-14-18;1-2-4-5-3-1;/h3-15H,2H2,1H3;1-5H;. The second-order valence-corrected chi connectivity index (χ2v) is 39.4. The fourth-order valence-corrected chi connectivity index (χ4v) is 112. The molecule has 26 heavy (non-hydrogen) atoms. The first-order valence-corrected chi connectivity index (χ1v) is 18.2. The van der Waals surface area contributed by atoms with E-state index in [1.807, 2.05) is 0 Å². The molecule has 2 aromatic carbocycles. The third kappa shape index (κ3) is 0.174. The Labute approximate surface area is 145 Å². The second-order valence-electron chi connectivity index (χ2n) is 13.2. The van der Waals surface area contributed by atoms with Crippen LogP contribution in [0.5, 0.6) is 0 Å². The minimum absolute atomic E-state index is 0.123. The SMILES string of the molecule is CC[C]12[CH]3[CH]4[CH]5[C@]1(P(c1ccccc1)c1ccccc1)[Fe]43521678[CH]2[CH]1[CH]6[CH]7[CH]28. The van der Waals surface area contributed by atoms with Crippen molar-refractivity contribution in [2.75, 3.05) is 0 Å². The zero-order chi connectivity index (χ0) is 16.4. The van der Waals surface area contributed by atoms with Crippen molar-refractivity contribution in [2.45, 2.75) is 60.2 Å². The molecule has 1 spiro atoms. The van der Waals surface area contributed by atoms with Crippen LogP contribution in [0.2, 0.25) is 42.8 Å². The molecule has 5 atom stereocenters. The maximum absolute atomic E-state index is 3.27. The van der Waals surface area contributed by atoms with Crippen LogP contribution in [0.4, 0.5) is 0 Å². The van der Waals surface area contributed by atoms with Crippen molar-refractivity contribution in [1.82, 2.24) is 0 Å². The Morgan fingerprint density at radius 2 is 1.23 bits per heavy atom. The first-order chi connectivity index (χ1) is 12.6. The Kier molecular flexibility index (Phi) is 0.581. The van der Waals surface area contributed by atoms with Gasteiger partial charge in [-0.15, -0.1) is 0 Å². The summed E-state index contributed by atoms with van der Waals surface area (Å²) in [5.74, 6) is 0. The van der Waals surface area contributed by atoms with Crippen molar-refractivity contribution >= 4 is 18.5 Å². The van der Waals surface area contributed by atoms with Crippen molar-refractivity contribution in [3.05, 3.63) is 60.7 Å². The molecule has 0 bridgehead atoms. The molecule has 10 fully saturated rings. The number of hydrogen-bond acceptors (Lipinski definition) is 0. The summed E-state index contributed by atoms with van der Waals surface area (Å²) in [6, 6.07) is 23.9. The average molecular weight is 398 g/mol. The van der Waals surface area contributed by atoms with Gasteiger partial charge in [0.25, 0.3) is 0 Å². The van der Waals surface area contributed by atoms with Gasteiger partial charge >= 0.3 is 146 Å². The molecule has 10 saturated heterocycles. The molecule has 2 heteroatoms. The minimum atomic E-state index is -3.27. The van der Waals surface area contributed by atoms with Crippen LogP contribution in [0.25, 0.3) is 0 Å². The molecule has 2 aromatic rings. The number of rotatable bonds is 4. The van der Waals surface area contributed by atoms with Crippen LogP contribution in [0.15, 0.2) is 60.7 Å². The van der Waals surface area contributed by atoms with Crippen LogP contribution in [-0.4, -0.2) is 4.05 Å². The number of benzene rings is 2. The van der Waals surface area contributed by atoms with E-state index < -0.39 is 6.51 Å². The van der Waals surface area contributed by atoms with E-state index in [2.05, 4.69) is 67.6 Å². The fourth-order valence-electron chi connectivity index (χ4n) is 20.2.